The number of aryl methyl sites for hydroxylation is 1. The van der Waals surface area contributed by atoms with E-state index in [1.807, 2.05) is 19.1 Å². The van der Waals surface area contributed by atoms with Gasteiger partial charge >= 0.3 is 0 Å². The normalized spacial score (nSPS) is 11.8. The maximum Gasteiger partial charge on any atom is 0.286 e. The molecule has 2 aromatic rings. The molecule has 5 nitrogen and oxygen atoms in total. The van der Waals surface area contributed by atoms with Crippen LogP contribution in [-0.2, 0) is 11.2 Å². The number of carbonyl (C=O) groups excluding carboxylic acids is 2. The van der Waals surface area contributed by atoms with Crippen molar-refractivity contribution in [2.45, 2.75) is 39.2 Å². The van der Waals surface area contributed by atoms with Gasteiger partial charge < -0.3 is 15.1 Å². The predicted molar refractivity (Wildman–Crippen MR) is 92.7 cm³/mol. The molecule has 1 unspecified atom stereocenters. The van der Waals surface area contributed by atoms with Gasteiger partial charge in [0, 0.05) is 13.0 Å². The van der Waals surface area contributed by atoms with Crippen molar-refractivity contribution in [3.63, 3.8) is 0 Å². The van der Waals surface area contributed by atoms with Crippen LogP contribution in [0.2, 0.25) is 0 Å². The van der Waals surface area contributed by atoms with Crippen LogP contribution in [0.4, 0.5) is 0 Å². The lowest BCUT2D eigenvalue weighted by Crippen LogP contribution is -2.28. The SMILES string of the molecule is CCc1ccc(C(C)NC(=O)CCCNC(=O)c2ccco2)cc1. The molecule has 5 heteroatoms. The molecular formula is C19H24N2O3. The van der Waals surface area contributed by atoms with Crippen LogP contribution in [0.15, 0.2) is 47.1 Å². The van der Waals surface area contributed by atoms with Crippen molar-refractivity contribution >= 4 is 11.8 Å². The highest BCUT2D eigenvalue weighted by Gasteiger charge is 2.10. The van der Waals surface area contributed by atoms with Crippen molar-refractivity contribution in [3.8, 4) is 0 Å². The van der Waals surface area contributed by atoms with Crippen LogP contribution in [0, 0.1) is 0 Å². The molecule has 0 spiro atoms. The first-order valence-electron chi connectivity index (χ1n) is 8.30. The Morgan fingerprint density at radius 2 is 1.92 bits per heavy atom. The van der Waals surface area contributed by atoms with Gasteiger partial charge in [-0.25, -0.2) is 0 Å². The Morgan fingerprint density at radius 3 is 2.54 bits per heavy atom. The molecular weight excluding hydrogens is 304 g/mol. The summed E-state index contributed by atoms with van der Waals surface area (Å²) in [7, 11) is 0. The molecule has 1 aromatic heterocycles. The van der Waals surface area contributed by atoms with Crippen molar-refractivity contribution in [3.05, 3.63) is 59.5 Å². The number of carbonyl (C=O) groups is 2. The number of nitrogens with one attached hydrogen (secondary N) is 2. The quantitative estimate of drug-likeness (QED) is 0.731. The molecule has 2 amide bonds. The van der Waals surface area contributed by atoms with Crippen LogP contribution in [0.25, 0.3) is 0 Å². The highest BCUT2D eigenvalue weighted by Crippen LogP contribution is 2.14. The van der Waals surface area contributed by atoms with Crippen LogP contribution in [-0.4, -0.2) is 18.4 Å². The number of benzene rings is 1. The molecule has 2 rings (SSSR count). The van der Waals surface area contributed by atoms with E-state index in [9.17, 15) is 9.59 Å². The van der Waals surface area contributed by atoms with Crippen LogP contribution < -0.4 is 10.6 Å². The lowest BCUT2D eigenvalue weighted by atomic mass is 10.0. The molecule has 0 fully saturated rings. The first-order chi connectivity index (χ1) is 11.6. The molecule has 0 radical (unpaired) electrons. The van der Waals surface area contributed by atoms with Gasteiger partial charge in [-0.15, -0.1) is 0 Å². The zero-order valence-electron chi connectivity index (χ0n) is 14.2. The fourth-order valence-corrected chi connectivity index (χ4v) is 2.38. The van der Waals surface area contributed by atoms with Gasteiger partial charge in [0.2, 0.25) is 5.91 Å². The fraction of sp³-hybridized carbons (Fsp3) is 0.368. The average Bonchev–Trinajstić information content (AvgIpc) is 3.13. The lowest BCUT2D eigenvalue weighted by Gasteiger charge is -2.15. The number of hydrogen-bond donors (Lipinski definition) is 2. The van der Waals surface area contributed by atoms with Gasteiger partial charge in [0.1, 0.15) is 0 Å². The maximum absolute atomic E-state index is 12.0. The second-order valence-electron chi connectivity index (χ2n) is 5.72. The first-order valence-corrected chi connectivity index (χ1v) is 8.30. The van der Waals surface area contributed by atoms with Gasteiger partial charge in [-0.05, 0) is 43.0 Å². The first kappa shape index (κ1) is 17.8. The van der Waals surface area contributed by atoms with E-state index in [-0.39, 0.29) is 23.6 Å². The van der Waals surface area contributed by atoms with Gasteiger partial charge in [-0.2, -0.15) is 0 Å². The van der Waals surface area contributed by atoms with Crippen LogP contribution in [0.3, 0.4) is 0 Å². The Bertz CT molecular complexity index is 648. The Morgan fingerprint density at radius 1 is 1.17 bits per heavy atom. The Balaban J connectivity index is 1.67. The molecule has 0 bridgehead atoms. The number of amides is 2. The third-order valence-electron chi connectivity index (χ3n) is 3.88. The highest BCUT2D eigenvalue weighted by molar-refractivity contribution is 5.91. The largest absolute Gasteiger partial charge is 0.459 e. The van der Waals surface area contributed by atoms with E-state index < -0.39 is 0 Å². The van der Waals surface area contributed by atoms with Gasteiger partial charge in [0.25, 0.3) is 5.91 Å². The Labute approximate surface area is 142 Å². The molecule has 1 atom stereocenters. The van der Waals surface area contributed by atoms with Gasteiger partial charge in [-0.3, -0.25) is 9.59 Å². The minimum absolute atomic E-state index is 0.0192. The summed E-state index contributed by atoms with van der Waals surface area (Å²) < 4.78 is 5.00. The zero-order chi connectivity index (χ0) is 17.4. The monoisotopic (exact) mass is 328 g/mol. The molecule has 0 saturated heterocycles. The summed E-state index contributed by atoms with van der Waals surface area (Å²) in [5.41, 5.74) is 2.37. The summed E-state index contributed by atoms with van der Waals surface area (Å²) in [6.07, 6.45) is 3.41. The third kappa shape index (κ3) is 5.26. The van der Waals surface area contributed by atoms with Crippen molar-refractivity contribution in [2.75, 3.05) is 6.54 Å². The zero-order valence-corrected chi connectivity index (χ0v) is 14.2. The number of furan rings is 1. The van der Waals surface area contributed by atoms with E-state index in [1.54, 1.807) is 12.1 Å². The minimum atomic E-state index is -0.259. The fourth-order valence-electron chi connectivity index (χ4n) is 2.38. The molecule has 0 aliphatic carbocycles. The van der Waals surface area contributed by atoms with E-state index in [1.165, 1.54) is 11.8 Å². The molecule has 24 heavy (non-hydrogen) atoms. The van der Waals surface area contributed by atoms with Crippen LogP contribution in [0.1, 0.15) is 54.4 Å². The maximum atomic E-state index is 12.0. The van der Waals surface area contributed by atoms with Crippen molar-refractivity contribution in [1.82, 2.24) is 10.6 Å². The Kier molecular flexibility index (Phi) is 6.61. The second-order valence-corrected chi connectivity index (χ2v) is 5.72. The molecule has 2 N–H and O–H groups in total. The molecule has 1 heterocycles. The van der Waals surface area contributed by atoms with Crippen molar-refractivity contribution in [1.29, 1.82) is 0 Å². The van der Waals surface area contributed by atoms with Gasteiger partial charge in [0.15, 0.2) is 5.76 Å². The highest BCUT2D eigenvalue weighted by atomic mass is 16.3. The summed E-state index contributed by atoms with van der Waals surface area (Å²) in [6, 6.07) is 11.5. The van der Waals surface area contributed by atoms with E-state index in [2.05, 4.69) is 29.7 Å². The topological polar surface area (TPSA) is 71.3 Å². The van der Waals surface area contributed by atoms with E-state index in [0.717, 1.165) is 12.0 Å². The summed E-state index contributed by atoms with van der Waals surface area (Å²) in [6.45, 7) is 4.52. The summed E-state index contributed by atoms with van der Waals surface area (Å²) in [5, 5.41) is 5.70. The Hall–Kier alpha value is -2.56. The van der Waals surface area contributed by atoms with Gasteiger partial charge in [0.05, 0.1) is 12.3 Å². The average molecular weight is 328 g/mol. The molecule has 0 aliphatic rings. The van der Waals surface area contributed by atoms with Gasteiger partial charge in [-0.1, -0.05) is 31.2 Å². The molecule has 128 valence electrons. The smallest absolute Gasteiger partial charge is 0.286 e. The lowest BCUT2D eigenvalue weighted by molar-refractivity contribution is -0.121. The second kappa shape index (κ2) is 8.91. The molecule has 0 saturated carbocycles. The third-order valence-corrected chi connectivity index (χ3v) is 3.88. The minimum Gasteiger partial charge on any atom is -0.459 e. The van der Waals surface area contributed by atoms with E-state index in [0.29, 0.717) is 19.4 Å². The van der Waals surface area contributed by atoms with Crippen LogP contribution >= 0.6 is 0 Å². The standard InChI is InChI=1S/C19H24N2O3/c1-3-15-8-10-16(11-9-15)14(2)21-18(22)7-4-12-20-19(23)17-6-5-13-24-17/h5-6,8-11,13-14H,3-4,7,12H2,1-2H3,(H,20,23)(H,21,22). The van der Waals surface area contributed by atoms with Crippen LogP contribution in [0.5, 0.6) is 0 Å². The van der Waals surface area contributed by atoms with Crippen molar-refractivity contribution in [2.24, 2.45) is 0 Å². The van der Waals surface area contributed by atoms with E-state index >= 15 is 0 Å². The molecule has 1 aromatic carbocycles. The summed E-state index contributed by atoms with van der Waals surface area (Å²) in [4.78, 5) is 23.6. The predicted octanol–water partition coefficient (Wildman–Crippen LogP) is 3.23. The summed E-state index contributed by atoms with van der Waals surface area (Å²) in [5.74, 6) is 0.00251. The number of rotatable bonds is 8. The van der Waals surface area contributed by atoms with E-state index in [4.69, 9.17) is 4.42 Å². The number of hydrogen-bond acceptors (Lipinski definition) is 3. The molecule has 0 aliphatic heterocycles. The summed E-state index contributed by atoms with van der Waals surface area (Å²) >= 11 is 0. The van der Waals surface area contributed by atoms with Crippen molar-refractivity contribution < 1.29 is 14.0 Å².